The number of carbonyl (C=O) groups excluding carboxylic acids is 1. The molecule has 2 heteroatoms. The molecule has 45 valence electrons. The zero-order valence-electron chi connectivity index (χ0n) is 4.72. The first-order valence-corrected chi connectivity index (χ1v) is 3.92. The third-order valence-corrected chi connectivity index (χ3v) is 2.10. The molecule has 1 radical (unpaired) electrons. The number of rotatable bonds is 0. The van der Waals surface area contributed by atoms with Crippen LogP contribution in [0, 0.1) is 5.75 Å². The minimum atomic E-state index is 0.313. The summed E-state index contributed by atoms with van der Waals surface area (Å²) < 4.78 is 0. The second-order valence-corrected chi connectivity index (χ2v) is 2.89. The number of ketones is 1. The van der Waals surface area contributed by atoms with E-state index < -0.39 is 0 Å². The van der Waals surface area contributed by atoms with E-state index in [2.05, 4.69) is 0 Å². The second-order valence-electron chi connectivity index (χ2n) is 1.91. The fourth-order valence-corrected chi connectivity index (χ4v) is 1.49. The summed E-state index contributed by atoms with van der Waals surface area (Å²) in [6, 6.07) is 0. The number of Topliss-reactive ketones (excluding diaryl/α,β-unsaturated/α-hetero) is 1. The van der Waals surface area contributed by atoms with Crippen LogP contribution in [0.15, 0.2) is 0 Å². The predicted molar refractivity (Wildman–Crippen MR) is 35.6 cm³/mol. The topological polar surface area (TPSA) is 17.1 Å². The van der Waals surface area contributed by atoms with Crippen LogP contribution in [0.5, 0.6) is 0 Å². The van der Waals surface area contributed by atoms with Crippen LogP contribution in [-0.4, -0.2) is 11.5 Å². The highest BCUT2D eigenvalue weighted by molar-refractivity contribution is 8.02. The van der Waals surface area contributed by atoms with Crippen LogP contribution in [0.4, 0.5) is 0 Å². The van der Waals surface area contributed by atoms with Crippen molar-refractivity contribution in [2.75, 3.05) is 5.75 Å². The van der Waals surface area contributed by atoms with Crippen LogP contribution < -0.4 is 0 Å². The van der Waals surface area contributed by atoms with Crippen molar-refractivity contribution in [1.29, 1.82) is 0 Å². The van der Waals surface area contributed by atoms with Crippen molar-refractivity contribution in [3.63, 3.8) is 0 Å². The van der Waals surface area contributed by atoms with Crippen LogP contribution >= 0.6 is 11.8 Å². The molecule has 0 atom stereocenters. The minimum absolute atomic E-state index is 0.313. The van der Waals surface area contributed by atoms with Crippen molar-refractivity contribution in [2.45, 2.75) is 19.3 Å². The van der Waals surface area contributed by atoms with E-state index in [4.69, 9.17) is 0 Å². The van der Waals surface area contributed by atoms with Crippen molar-refractivity contribution >= 4 is 17.5 Å². The molecular formula is C6H9OS. The molecule has 0 amide bonds. The monoisotopic (exact) mass is 129 g/mol. The Labute approximate surface area is 53.8 Å². The SMILES string of the molecule is O=C1[CH]SCCCC1. The van der Waals surface area contributed by atoms with Gasteiger partial charge in [0.05, 0.1) is 5.75 Å². The maximum Gasteiger partial charge on any atom is 0.147 e. The molecule has 0 bridgehead atoms. The maximum absolute atomic E-state index is 10.6. The molecule has 0 aromatic heterocycles. The fourth-order valence-electron chi connectivity index (χ4n) is 0.695. The van der Waals surface area contributed by atoms with Gasteiger partial charge in [0.25, 0.3) is 0 Å². The summed E-state index contributed by atoms with van der Waals surface area (Å²) in [4.78, 5) is 10.6. The van der Waals surface area contributed by atoms with Gasteiger partial charge >= 0.3 is 0 Å². The predicted octanol–water partition coefficient (Wildman–Crippen LogP) is 1.63. The molecule has 8 heavy (non-hydrogen) atoms. The lowest BCUT2D eigenvalue weighted by Crippen LogP contribution is -1.90. The Bertz CT molecular complexity index is 80.5. The molecule has 1 rings (SSSR count). The van der Waals surface area contributed by atoms with Crippen molar-refractivity contribution in [3.8, 4) is 0 Å². The van der Waals surface area contributed by atoms with Gasteiger partial charge in [-0.05, 0) is 18.6 Å². The van der Waals surface area contributed by atoms with Gasteiger partial charge in [-0.1, -0.05) is 0 Å². The van der Waals surface area contributed by atoms with Gasteiger partial charge in [0.15, 0.2) is 0 Å². The molecule has 1 saturated heterocycles. The van der Waals surface area contributed by atoms with Gasteiger partial charge in [-0.15, -0.1) is 11.8 Å². The molecule has 0 saturated carbocycles. The number of carbonyl (C=O) groups is 1. The molecule has 0 spiro atoms. The number of hydrogen-bond donors (Lipinski definition) is 0. The quantitative estimate of drug-likeness (QED) is 0.494. The molecule has 0 aromatic rings. The molecular weight excluding hydrogens is 120 g/mol. The Kier molecular flexibility index (Phi) is 2.40. The van der Waals surface area contributed by atoms with Crippen LogP contribution in [-0.2, 0) is 4.79 Å². The van der Waals surface area contributed by atoms with E-state index >= 15 is 0 Å². The highest BCUT2D eigenvalue weighted by Gasteiger charge is 2.05. The lowest BCUT2D eigenvalue weighted by atomic mass is 10.2. The minimum Gasteiger partial charge on any atom is -0.298 e. The Morgan fingerprint density at radius 2 is 2.38 bits per heavy atom. The zero-order valence-corrected chi connectivity index (χ0v) is 5.54. The fraction of sp³-hybridized carbons (Fsp3) is 0.667. The lowest BCUT2D eigenvalue weighted by Gasteiger charge is -1.86. The molecule has 0 aromatic carbocycles. The van der Waals surface area contributed by atoms with Gasteiger partial charge in [0.2, 0.25) is 0 Å². The largest absolute Gasteiger partial charge is 0.298 e. The van der Waals surface area contributed by atoms with Crippen molar-refractivity contribution in [1.82, 2.24) is 0 Å². The van der Waals surface area contributed by atoms with Gasteiger partial charge in [-0.2, -0.15) is 0 Å². The van der Waals surface area contributed by atoms with Gasteiger partial charge in [-0.3, -0.25) is 4.79 Å². The van der Waals surface area contributed by atoms with E-state index in [9.17, 15) is 4.79 Å². The van der Waals surface area contributed by atoms with E-state index in [0.717, 1.165) is 18.6 Å². The maximum atomic E-state index is 10.6. The molecule has 1 aliphatic heterocycles. The Morgan fingerprint density at radius 1 is 1.50 bits per heavy atom. The van der Waals surface area contributed by atoms with Crippen molar-refractivity contribution in [2.24, 2.45) is 0 Å². The average molecular weight is 129 g/mol. The summed E-state index contributed by atoms with van der Waals surface area (Å²) in [6.07, 6.45) is 3.06. The number of hydrogen-bond acceptors (Lipinski definition) is 2. The zero-order chi connectivity index (χ0) is 5.82. The average Bonchev–Trinajstić information content (AvgIpc) is 1.94. The smallest absolute Gasteiger partial charge is 0.147 e. The lowest BCUT2D eigenvalue weighted by molar-refractivity contribution is -0.115. The van der Waals surface area contributed by atoms with Gasteiger partial charge in [0, 0.05) is 6.42 Å². The highest BCUT2D eigenvalue weighted by atomic mass is 32.2. The molecule has 1 nitrogen and oxygen atoms in total. The summed E-state index contributed by atoms with van der Waals surface area (Å²) >= 11 is 1.65. The van der Waals surface area contributed by atoms with Crippen LogP contribution in [0.25, 0.3) is 0 Å². The van der Waals surface area contributed by atoms with Crippen LogP contribution in [0.2, 0.25) is 0 Å². The highest BCUT2D eigenvalue weighted by Crippen LogP contribution is 2.16. The number of thioether (sulfide) groups is 1. The van der Waals surface area contributed by atoms with Gasteiger partial charge in [-0.25, -0.2) is 0 Å². The van der Waals surface area contributed by atoms with Crippen LogP contribution in [0.1, 0.15) is 19.3 Å². The standard InChI is InChI=1S/C6H9OS/c7-6-3-1-2-4-8-5-6/h5H,1-4H2. The van der Waals surface area contributed by atoms with Crippen LogP contribution in [0.3, 0.4) is 0 Å². The van der Waals surface area contributed by atoms with E-state index in [1.165, 1.54) is 6.42 Å². The van der Waals surface area contributed by atoms with Gasteiger partial charge in [0.1, 0.15) is 5.78 Å². The normalized spacial score (nSPS) is 22.8. The van der Waals surface area contributed by atoms with E-state index in [-0.39, 0.29) is 0 Å². The van der Waals surface area contributed by atoms with Crippen molar-refractivity contribution < 1.29 is 4.79 Å². The molecule has 1 heterocycles. The summed E-state index contributed by atoms with van der Waals surface area (Å²) in [5, 5.41) is 0. The third kappa shape index (κ3) is 1.86. The third-order valence-electron chi connectivity index (χ3n) is 1.15. The van der Waals surface area contributed by atoms with E-state index in [1.54, 1.807) is 17.5 Å². The molecule has 0 aliphatic carbocycles. The molecule has 0 unspecified atom stereocenters. The first-order valence-electron chi connectivity index (χ1n) is 2.87. The molecule has 1 fully saturated rings. The molecule has 1 aliphatic rings. The summed E-state index contributed by atoms with van der Waals surface area (Å²) in [5.41, 5.74) is 0. The van der Waals surface area contributed by atoms with Gasteiger partial charge < -0.3 is 0 Å². The Balaban J connectivity index is 2.27. The first kappa shape index (κ1) is 6.14. The van der Waals surface area contributed by atoms with E-state index in [1.807, 2.05) is 0 Å². The summed E-state index contributed by atoms with van der Waals surface area (Å²) in [5.74, 6) is 3.19. The molecule has 0 N–H and O–H groups in total. The Hall–Kier alpha value is 0.0200. The van der Waals surface area contributed by atoms with Crippen molar-refractivity contribution in [3.05, 3.63) is 5.75 Å². The van der Waals surface area contributed by atoms with E-state index in [0.29, 0.717) is 5.78 Å². The Morgan fingerprint density at radius 3 is 3.25 bits per heavy atom. The summed E-state index contributed by atoms with van der Waals surface area (Å²) in [7, 11) is 0. The summed E-state index contributed by atoms with van der Waals surface area (Å²) in [6.45, 7) is 0. The first-order chi connectivity index (χ1) is 3.89. The second kappa shape index (κ2) is 3.13.